The van der Waals surface area contributed by atoms with Gasteiger partial charge in [-0.25, -0.2) is 0 Å². The molecule has 5 heteroatoms. The molecule has 0 saturated carbocycles. The average Bonchev–Trinajstić information content (AvgIpc) is 2.67. The van der Waals surface area contributed by atoms with E-state index in [4.69, 9.17) is 9.47 Å². The summed E-state index contributed by atoms with van der Waals surface area (Å²) >= 11 is 0. The van der Waals surface area contributed by atoms with E-state index in [-0.39, 0.29) is 5.91 Å². The van der Waals surface area contributed by atoms with Gasteiger partial charge in [-0.2, -0.15) is 0 Å². The summed E-state index contributed by atoms with van der Waals surface area (Å²) in [6.07, 6.45) is 0.378. The highest BCUT2D eigenvalue weighted by molar-refractivity contribution is 5.78. The monoisotopic (exact) mass is 340 g/mol. The molecule has 0 radical (unpaired) electrons. The predicted octanol–water partition coefficient (Wildman–Crippen LogP) is 2.21. The molecule has 0 unspecified atom stereocenters. The maximum atomic E-state index is 12.1. The molecule has 0 spiro atoms. The molecule has 0 aliphatic carbocycles. The Morgan fingerprint density at radius 3 is 2.44 bits per heavy atom. The van der Waals surface area contributed by atoms with Crippen LogP contribution < -0.4 is 10.1 Å². The van der Waals surface area contributed by atoms with Crippen molar-refractivity contribution in [1.82, 2.24) is 10.2 Å². The smallest absolute Gasteiger partial charge is 0.225 e. The summed E-state index contributed by atoms with van der Waals surface area (Å²) < 4.78 is 11.1. The molecule has 1 aliphatic heterocycles. The molecule has 2 aromatic carbocycles. The van der Waals surface area contributed by atoms with E-state index in [1.165, 1.54) is 0 Å². The molecule has 132 valence electrons. The zero-order valence-corrected chi connectivity index (χ0v) is 14.3. The van der Waals surface area contributed by atoms with Gasteiger partial charge in [0.25, 0.3) is 0 Å². The molecule has 2 aromatic rings. The van der Waals surface area contributed by atoms with Crippen molar-refractivity contribution in [3.63, 3.8) is 0 Å². The maximum absolute atomic E-state index is 12.1. The van der Waals surface area contributed by atoms with Gasteiger partial charge in [0.15, 0.2) is 0 Å². The van der Waals surface area contributed by atoms with Crippen LogP contribution in [0, 0.1) is 0 Å². The topological polar surface area (TPSA) is 50.8 Å². The van der Waals surface area contributed by atoms with Crippen LogP contribution >= 0.6 is 0 Å². The van der Waals surface area contributed by atoms with Gasteiger partial charge in [0.1, 0.15) is 12.4 Å². The maximum Gasteiger partial charge on any atom is 0.225 e. The van der Waals surface area contributed by atoms with Crippen LogP contribution in [0.1, 0.15) is 11.1 Å². The van der Waals surface area contributed by atoms with Crippen molar-refractivity contribution < 1.29 is 14.3 Å². The number of amides is 1. The molecular formula is C20H24N2O3. The van der Waals surface area contributed by atoms with E-state index in [0.29, 0.717) is 19.7 Å². The highest BCUT2D eigenvalue weighted by atomic mass is 16.5. The third kappa shape index (κ3) is 5.89. The number of carbonyl (C=O) groups excluding carboxylic acids is 1. The summed E-state index contributed by atoms with van der Waals surface area (Å²) in [5.41, 5.74) is 2.11. The Hall–Kier alpha value is -2.37. The minimum absolute atomic E-state index is 0.0319. The lowest BCUT2D eigenvalue weighted by Crippen LogP contribution is -2.44. The Bertz CT molecular complexity index is 652. The van der Waals surface area contributed by atoms with Gasteiger partial charge in [0, 0.05) is 13.1 Å². The van der Waals surface area contributed by atoms with Crippen LogP contribution in [-0.2, 0) is 22.6 Å². The predicted molar refractivity (Wildman–Crippen MR) is 96.3 cm³/mol. The number of rotatable bonds is 7. The zero-order valence-electron chi connectivity index (χ0n) is 14.3. The first-order valence-corrected chi connectivity index (χ1v) is 8.62. The summed E-state index contributed by atoms with van der Waals surface area (Å²) in [5, 5.41) is 2.96. The van der Waals surface area contributed by atoms with Gasteiger partial charge in [-0.3, -0.25) is 9.69 Å². The molecule has 1 fully saturated rings. The fourth-order valence-corrected chi connectivity index (χ4v) is 2.65. The Morgan fingerprint density at radius 1 is 1.00 bits per heavy atom. The molecule has 1 N–H and O–H groups in total. The standard InChI is InChI=1S/C20H24N2O3/c23-20(21-16-22-10-12-24-13-11-22)14-17-6-8-19(9-7-17)25-15-18-4-2-1-3-5-18/h1-9H,10-16H2,(H,21,23). The third-order valence-corrected chi connectivity index (χ3v) is 4.14. The number of nitrogens with zero attached hydrogens (tertiary/aromatic N) is 1. The van der Waals surface area contributed by atoms with Crippen LogP contribution in [0.4, 0.5) is 0 Å². The Labute approximate surface area is 148 Å². The van der Waals surface area contributed by atoms with Crippen molar-refractivity contribution in [2.75, 3.05) is 33.0 Å². The first-order valence-electron chi connectivity index (χ1n) is 8.62. The SMILES string of the molecule is O=C(Cc1ccc(OCc2ccccc2)cc1)NCN1CCOCC1. The number of benzene rings is 2. The summed E-state index contributed by atoms with van der Waals surface area (Å²) in [7, 11) is 0. The number of ether oxygens (including phenoxy) is 2. The quantitative estimate of drug-likeness (QED) is 0.840. The second kappa shape index (κ2) is 9.20. The fraction of sp³-hybridized carbons (Fsp3) is 0.350. The molecule has 5 nitrogen and oxygen atoms in total. The number of carbonyl (C=O) groups is 1. The van der Waals surface area contributed by atoms with Gasteiger partial charge in [-0.05, 0) is 23.3 Å². The van der Waals surface area contributed by atoms with E-state index in [1.807, 2.05) is 54.6 Å². The van der Waals surface area contributed by atoms with Crippen molar-refractivity contribution in [2.45, 2.75) is 13.0 Å². The first kappa shape index (κ1) is 17.5. The molecule has 1 heterocycles. The van der Waals surface area contributed by atoms with Gasteiger partial charge < -0.3 is 14.8 Å². The molecule has 0 atom stereocenters. The Kier molecular flexibility index (Phi) is 6.42. The van der Waals surface area contributed by atoms with Crippen molar-refractivity contribution in [2.24, 2.45) is 0 Å². The van der Waals surface area contributed by atoms with Crippen molar-refractivity contribution >= 4 is 5.91 Å². The number of hydrogen-bond acceptors (Lipinski definition) is 4. The fourth-order valence-electron chi connectivity index (χ4n) is 2.65. The lowest BCUT2D eigenvalue weighted by molar-refractivity contribution is -0.121. The molecule has 0 bridgehead atoms. The van der Waals surface area contributed by atoms with Gasteiger partial charge in [-0.15, -0.1) is 0 Å². The molecule has 1 aliphatic rings. The molecule has 1 amide bonds. The summed E-state index contributed by atoms with van der Waals surface area (Å²) in [6, 6.07) is 17.8. The van der Waals surface area contributed by atoms with Gasteiger partial charge in [0.2, 0.25) is 5.91 Å². The van der Waals surface area contributed by atoms with Crippen LogP contribution in [0.5, 0.6) is 5.75 Å². The van der Waals surface area contributed by atoms with Crippen LogP contribution in [0.15, 0.2) is 54.6 Å². The Morgan fingerprint density at radius 2 is 1.72 bits per heavy atom. The molecule has 1 saturated heterocycles. The Balaban J connectivity index is 1.41. The van der Waals surface area contributed by atoms with E-state index >= 15 is 0 Å². The molecule has 25 heavy (non-hydrogen) atoms. The van der Waals surface area contributed by atoms with Crippen LogP contribution in [0.25, 0.3) is 0 Å². The van der Waals surface area contributed by atoms with E-state index < -0.39 is 0 Å². The zero-order chi connectivity index (χ0) is 17.3. The summed E-state index contributed by atoms with van der Waals surface area (Å²) in [6.45, 7) is 4.34. The van der Waals surface area contributed by atoms with Crippen LogP contribution in [-0.4, -0.2) is 43.8 Å². The van der Waals surface area contributed by atoms with E-state index in [1.54, 1.807) is 0 Å². The van der Waals surface area contributed by atoms with Crippen molar-refractivity contribution in [3.8, 4) is 5.75 Å². The number of hydrogen-bond donors (Lipinski definition) is 1. The lowest BCUT2D eigenvalue weighted by Gasteiger charge is -2.26. The van der Waals surface area contributed by atoms with Crippen molar-refractivity contribution in [3.05, 3.63) is 65.7 Å². The largest absolute Gasteiger partial charge is 0.489 e. The molecular weight excluding hydrogens is 316 g/mol. The first-order chi connectivity index (χ1) is 12.3. The second-order valence-corrected chi connectivity index (χ2v) is 6.08. The van der Waals surface area contributed by atoms with E-state index in [0.717, 1.165) is 43.2 Å². The normalized spacial score (nSPS) is 14.9. The van der Waals surface area contributed by atoms with Gasteiger partial charge in [-0.1, -0.05) is 42.5 Å². The van der Waals surface area contributed by atoms with Crippen LogP contribution in [0.3, 0.4) is 0 Å². The summed E-state index contributed by atoms with van der Waals surface area (Å²) in [5.74, 6) is 0.839. The molecule has 0 aromatic heterocycles. The van der Waals surface area contributed by atoms with E-state index in [2.05, 4.69) is 10.2 Å². The minimum atomic E-state index is 0.0319. The molecule has 3 rings (SSSR count). The van der Waals surface area contributed by atoms with Crippen LogP contribution in [0.2, 0.25) is 0 Å². The van der Waals surface area contributed by atoms with Gasteiger partial charge in [0.05, 0.1) is 26.3 Å². The van der Waals surface area contributed by atoms with Gasteiger partial charge >= 0.3 is 0 Å². The number of morpholine rings is 1. The van der Waals surface area contributed by atoms with E-state index in [9.17, 15) is 4.79 Å². The summed E-state index contributed by atoms with van der Waals surface area (Å²) in [4.78, 5) is 14.2. The minimum Gasteiger partial charge on any atom is -0.489 e. The average molecular weight is 340 g/mol. The number of nitrogens with one attached hydrogen (secondary N) is 1. The second-order valence-electron chi connectivity index (χ2n) is 6.08. The lowest BCUT2D eigenvalue weighted by atomic mass is 10.1. The van der Waals surface area contributed by atoms with Crippen molar-refractivity contribution in [1.29, 1.82) is 0 Å². The third-order valence-electron chi connectivity index (χ3n) is 4.14. The highest BCUT2D eigenvalue weighted by Gasteiger charge is 2.11. The highest BCUT2D eigenvalue weighted by Crippen LogP contribution is 2.14.